The Morgan fingerprint density at radius 3 is 2.24 bits per heavy atom. The first-order valence-corrected chi connectivity index (χ1v) is 15.5. The van der Waals surface area contributed by atoms with Crippen molar-refractivity contribution in [2.45, 2.75) is 30.0 Å². The van der Waals surface area contributed by atoms with Crippen molar-refractivity contribution in [1.29, 1.82) is 0 Å². The van der Waals surface area contributed by atoms with Crippen LogP contribution in [0.25, 0.3) is 5.76 Å². The Hall–Kier alpha value is -3.57. The topological polar surface area (TPSA) is 102 Å². The fraction of sp³-hybridized carbons (Fsp3) is 0.200. The van der Waals surface area contributed by atoms with Crippen molar-refractivity contribution in [3.05, 3.63) is 99.0 Å². The minimum atomic E-state index is -1.00. The summed E-state index contributed by atoms with van der Waals surface area (Å²) in [5.41, 5.74) is 1.83. The fourth-order valence-corrected chi connectivity index (χ4v) is 6.51. The molecular formula is C30H25Cl2N3O5S2. The van der Waals surface area contributed by atoms with Gasteiger partial charge in [-0.1, -0.05) is 64.5 Å². The summed E-state index contributed by atoms with van der Waals surface area (Å²) in [7, 11) is 0. The van der Waals surface area contributed by atoms with E-state index in [-0.39, 0.29) is 16.5 Å². The summed E-state index contributed by atoms with van der Waals surface area (Å²) >= 11 is 14.7. The number of aromatic nitrogens is 2. The molecule has 1 aromatic heterocycles. The third-order valence-electron chi connectivity index (χ3n) is 6.32. The smallest absolute Gasteiger partial charge is 0.301 e. The van der Waals surface area contributed by atoms with Gasteiger partial charge in [0.1, 0.15) is 5.76 Å². The van der Waals surface area contributed by atoms with Gasteiger partial charge in [-0.3, -0.25) is 14.5 Å². The predicted octanol–water partition coefficient (Wildman–Crippen LogP) is 7.56. The maximum absolute atomic E-state index is 13.6. The first-order chi connectivity index (χ1) is 20.3. The summed E-state index contributed by atoms with van der Waals surface area (Å²) in [6.07, 6.45) is 0. The molecule has 1 N–H and O–H groups in total. The van der Waals surface area contributed by atoms with Crippen LogP contribution >= 0.6 is 46.3 Å². The molecule has 1 unspecified atom stereocenters. The molecule has 5 rings (SSSR count). The fourth-order valence-electron chi connectivity index (χ4n) is 4.43. The van der Waals surface area contributed by atoms with Crippen molar-refractivity contribution in [2.24, 2.45) is 0 Å². The summed E-state index contributed by atoms with van der Waals surface area (Å²) in [6.45, 7) is 4.51. The van der Waals surface area contributed by atoms with E-state index in [4.69, 9.17) is 32.7 Å². The van der Waals surface area contributed by atoms with Crippen molar-refractivity contribution < 1.29 is 24.2 Å². The number of benzene rings is 3. The number of aliphatic hydroxyl groups excluding tert-OH is 1. The lowest BCUT2D eigenvalue weighted by Gasteiger charge is -2.23. The Morgan fingerprint density at radius 1 is 0.929 bits per heavy atom. The van der Waals surface area contributed by atoms with Crippen molar-refractivity contribution >= 4 is 68.9 Å². The number of hydrogen-bond acceptors (Lipinski definition) is 9. The van der Waals surface area contributed by atoms with Crippen LogP contribution in [0.2, 0.25) is 10.0 Å². The molecule has 0 aliphatic carbocycles. The molecule has 1 amide bonds. The second kappa shape index (κ2) is 13.2. The second-order valence-electron chi connectivity index (χ2n) is 9.01. The normalized spacial score (nSPS) is 16.2. The molecule has 42 heavy (non-hydrogen) atoms. The lowest BCUT2D eigenvalue weighted by atomic mass is 9.95. The third-order valence-corrected chi connectivity index (χ3v) is 8.95. The van der Waals surface area contributed by atoms with E-state index in [0.29, 0.717) is 56.0 Å². The maximum Gasteiger partial charge on any atom is 0.301 e. The van der Waals surface area contributed by atoms with Gasteiger partial charge < -0.3 is 14.6 Å². The summed E-state index contributed by atoms with van der Waals surface area (Å²) in [6, 6.07) is 18.0. The van der Waals surface area contributed by atoms with E-state index in [9.17, 15) is 14.7 Å². The highest BCUT2D eigenvalue weighted by Crippen LogP contribution is 2.45. The van der Waals surface area contributed by atoms with Gasteiger partial charge >= 0.3 is 5.91 Å². The molecular weight excluding hydrogens is 617 g/mol. The van der Waals surface area contributed by atoms with Gasteiger partial charge in [0.15, 0.2) is 15.8 Å². The van der Waals surface area contributed by atoms with Crippen LogP contribution in [0.4, 0.5) is 5.13 Å². The molecule has 0 spiro atoms. The Bertz CT molecular complexity index is 1640. The average Bonchev–Trinajstić information content (AvgIpc) is 3.56. The minimum absolute atomic E-state index is 0.0838. The molecule has 4 aromatic rings. The second-order valence-corrected chi connectivity index (χ2v) is 12.1. The number of anilines is 1. The van der Waals surface area contributed by atoms with Gasteiger partial charge in [0, 0.05) is 21.4 Å². The molecule has 8 nitrogen and oxygen atoms in total. The number of hydrogen-bond donors (Lipinski definition) is 1. The summed E-state index contributed by atoms with van der Waals surface area (Å²) in [5, 5.41) is 21.3. The van der Waals surface area contributed by atoms with Crippen molar-refractivity contribution in [3.8, 4) is 11.5 Å². The van der Waals surface area contributed by atoms with Gasteiger partial charge in [-0.15, -0.1) is 10.2 Å². The lowest BCUT2D eigenvalue weighted by Crippen LogP contribution is -2.29. The summed E-state index contributed by atoms with van der Waals surface area (Å²) in [5.74, 6) is -0.412. The van der Waals surface area contributed by atoms with E-state index >= 15 is 0 Å². The van der Waals surface area contributed by atoms with Crippen LogP contribution in [-0.2, 0) is 15.3 Å². The van der Waals surface area contributed by atoms with Crippen LogP contribution in [0.15, 0.2) is 76.6 Å². The van der Waals surface area contributed by atoms with Crippen molar-refractivity contribution in [2.75, 3.05) is 18.1 Å². The standard InChI is InChI=1S/C30H25Cl2N3O5S2/c1-3-39-22-14-9-19(15-23(22)40-4-2)25-24(26(36)18-7-12-21(32)13-8-18)27(37)28(38)35(25)29-33-34-30(42-29)41-16-17-5-10-20(31)11-6-17/h5-15,25,36H,3-4,16H2,1-2H3. The van der Waals surface area contributed by atoms with E-state index in [1.54, 1.807) is 42.5 Å². The van der Waals surface area contributed by atoms with E-state index < -0.39 is 17.7 Å². The van der Waals surface area contributed by atoms with E-state index in [1.807, 2.05) is 38.1 Å². The highest BCUT2D eigenvalue weighted by molar-refractivity contribution is 8.00. The highest BCUT2D eigenvalue weighted by Gasteiger charge is 2.48. The molecule has 1 aliphatic rings. The van der Waals surface area contributed by atoms with Crippen LogP contribution in [0.5, 0.6) is 11.5 Å². The number of ether oxygens (including phenoxy) is 2. The number of amides is 1. The molecule has 0 radical (unpaired) electrons. The number of nitrogens with zero attached hydrogens (tertiary/aromatic N) is 3. The molecule has 1 atom stereocenters. The summed E-state index contributed by atoms with van der Waals surface area (Å²) < 4.78 is 12.1. The first-order valence-electron chi connectivity index (χ1n) is 13.0. The Labute approximate surface area is 260 Å². The van der Waals surface area contributed by atoms with Crippen LogP contribution < -0.4 is 14.4 Å². The van der Waals surface area contributed by atoms with Crippen LogP contribution in [0.1, 0.15) is 36.6 Å². The molecule has 3 aromatic carbocycles. The Balaban J connectivity index is 1.57. The van der Waals surface area contributed by atoms with Gasteiger partial charge in [-0.25, -0.2) is 0 Å². The maximum atomic E-state index is 13.6. The number of ketones is 1. The SMILES string of the molecule is CCOc1ccc(C2C(=C(O)c3ccc(Cl)cc3)C(=O)C(=O)N2c2nnc(SCc3ccc(Cl)cc3)s2)cc1OCC. The zero-order valence-corrected chi connectivity index (χ0v) is 25.7. The van der Waals surface area contributed by atoms with Crippen LogP contribution in [-0.4, -0.2) is 40.2 Å². The number of carbonyl (C=O) groups is 2. The van der Waals surface area contributed by atoms with Crippen LogP contribution in [0.3, 0.4) is 0 Å². The van der Waals surface area contributed by atoms with Gasteiger partial charge in [0.05, 0.1) is 24.8 Å². The largest absolute Gasteiger partial charge is 0.507 e. The number of rotatable bonds is 10. The van der Waals surface area contributed by atoms with E-state index in [2.05, 4.69) is 10.2 Å². The van der Waals surface area contributed by atoms with E-state index in [0.717, 1.165) is 5.56 Å². The van der Waals surface area contributed by atoms with Gasteiger partial charge in [-0.05, 0) is 73.5 Å². The molecule has 1 aliphatic heterocycles. The molecule has 216 valence electrons. The van der Waals surface area contributed by atoms with E-state index in [1.165, 1.54) is 28.0 Å². The van der Waals surface area contributed by atoms with Gasteiger partial charge in [0.25, 0.3) is 5.78 Å². The predicted molar refractivity (Wildman–Crippen MR) is 166 cm³/mol. The summed E-state index contributed by atoms with van der Waals surface area (Å²) in [4.78, 5) is 28.4. The molecule has 1 fully saturated rings. The van der Waals surface area contributed by atoms with Gasteiger partial charge in [0.2, 0.25) is 5.13 Å². The molecule has 0 saturated carbocycles. The Morgan fingerprint density at radius 2 is 1.57 bits per heavy atom. The quantitative estimate of drug-likeness (QED) is 0.0622. The number of carbonyl (C=O) groups excluding carboxylic acids is 2. The number of aliphatic hydroxyl groups is 1. The number of Topliss-reactive ketones (excluding diaryl/α,β-unsaturated/α-hetero) is 1. The number of thioether (sulfide) groups is 1. The molecule has 1 saturated heterocycles. The zero-order valence-electron chi connectivity index (χ0n) is 22.5. The average molecular weight is 643 g/mol. The van der Waals surface area contributed by atoms with Gasteiger partial charge in [-0.2, -0.15) is 0 Å². The highest BCUT2D eigenvalue weighted by atomic mass is 35.5. The Kier molecular flexibility index (Phi) is 9.37. The number of halogens is 2. The third kappa shape index (κ3) is 6.27. The van der Waals surface area contributed by atoms with Crippen molar-refractivity contribution in [3.63, 3.8) is 0 Å². The van der Waals surface area contributed by atoms with Crippen LogP contribution in [0, 0.1) is 0 Å². The first kappa shape index (κ1) is 29.9. The monoisotopic (exact) mass is 641 g/mol. The minimum Gasteiger partial charge on any atom is -0.507 e. The molecule has 12 heteroatoms. The zero-order chi connectivity index (χ0) is 29.8. The lowest BCUT2D eigenvalue weighted by molar-refractivity contribution is -0.132. The van der Waals surface area contributed by atoms with Crippen molar-refractivity contribution in [1.82, 2.24) is 10.2 Å². The molecule has 2 heterocycles. The molecule has 0 bridgehead atoms.